The average Bonchev–Trinajstić information content (AvgIpc) is 3.26. The van der Waals surface area contributed by atoms with Crippen molar-refractivity contribution in [3.8, 4) is 11.1 Å². The van der Waals surface area contributed by atoms with Crippen molar-refractivity contribution in [1.82, 2.24) is 20.2 Å². The zero-order valence-electron chi connectivity index (χ0n) is 18.5. The lowest BCUT2D eigenvalue weighted by molar-refractivity contribution is -0.133. The minimum absolute atomic E-state index is 0.00691. The molecule has 6 nitrogen and oxygen atoms in total. The van der Waals surface area contributed by atoms with E-state index in [1.54, 1.807) is 23.7 Å². The van der Waals surface area contributed by atoms with Gasteiger partial charge in [-0.3, -0.25) is 9.59 Å². The van der Waals surface area contributed by atoms with Gasteiger partial charge in [-0.2, -0.15) is 0 Å². The summed E-state index contributed by atoms with van der Waals surface area (Å²) in [5, 5.41) is 4.95. The number of likely N-dealkylation sites (tertiary alicyclic amines) is 1. The monoisotopic (exact) mass is 448 g/mol. The molecular formula is C25H28N4O2S. The van der Waals surface area contributed by atoms with Crippen LogP contribution in [0.4, 0.5) is 0 Å². The number of nitrogens with zero attached hydrogens (tertiary/aromatic N) is 3. The standard InChI is InChI=1S/C25H28N4O2S/c1-3-28-24(31)25(9-6-10-29(16-25)23(30)20-11-18(2)32-15-20)12-19-7-4-5-8-22(19)21-13-26-17-27-14-21/h4-5,7-8,11,13-15,17H,3,6,9-10,12,16H2,1-2H3,(H,28,31). The van der Waals surface area contributed by atoms with Gasteiger partial charge in [-0.15, -0.1) is 11.3 Å². The van der Waals surface area contributed by atoms with Crippen LogP contribution in [0.1, 0.15) is 40.6 Å². The third kappa shape index (κ3) is 4.58. The van der Waals surface area contributed by atoms with Crippen LogP contribution in [0.5, 0.6) is 0 Å². The summed E-state index contributed by atoms with van der Waals surface area (Å²) < 4.78 is 0. The smallest absolute Gasteiger partial charge is 0.254 e. The number of piperidine rings is 1. The van der Waals surface area contributed by atoms with Gasteiger partial charge in [0.2, 0.25) is 5.91 Å². The molecular weight excluding hydrogens is 420 g/mol. The molecule has 0 radical (unpaired) electrons. The maximum atomic E-state index is 13.4. The molecule has 0 saturated carbocycles. The second-order valence-corrected chi connectivity index (χ2v) is 9.49. The fraction of sp³-hybridized carbons (Fsp3) is 0.360. The topological polar surface area (TPSA) is 75.2 Å². The van der Waals surface area contributed by atoms with Gasteiger partial charge in [0.05, 0.1) is 11.0 Å². The number of carbonyl (C=O) groups is 2. The molecule has 0 spiro atoms. The third-order valence-corrected chi connectivity index (χ3v) is 6.94. The van der Waals surface area contributed by atoms with Crippen molar-refractivity contribution in [2.24, 2.45) is 5.41 Å². The van der Waals surface area contributed by atoms with Crippen LogP contribution in [0.2, 0.25) is 0 Å². The van der Waals surface area contributed by atoms with E-state index in [9.17, 15) is 9.59 Å². The first kappa shape index (κ1) is 22.1. The highest BCUT2D eigenvalue weighted by molar-refractivity contribution is 7.10. The second kappa shape index (κ2) is 9.61. The Labute approximate surface area is 192 Å². The Morgan fingerprint density at radius 1 is 1.22 bits per heavy atom. The Hall–Kier alpha value is -3.06. The molecule has 1 aliphatic heterocycles. The highest BCUT2D eigenvalue weighted by Crippen LogP contribution is 2.37. The van der Waals surface area contributed by atoms with Crippen LogP contribution in [0.15, 0.2) is 54.4 Å². The number of rotatable bonds is 6. The van der Waals surface area contributed by atoms with Gasteiger partial charge in [-0.1, -0.05) is 24.3 Å². The molecule has 0 aliphatic carbocycles. The molecule has 0 bridgehead atoms. The molecule has 2 aromatic heterocycles. The molecule has 1 fully saturated rings. The van der Waals surface area contributed by atoms with Crippen molar-refractivity contribution in [2.75, 3.05) is 19.6 Å². The zero-order chi connectivity index (χ0) is 22.6. The molecule has 4 rings (SSSR count). The predicted octanol–water partition coefficient (Wildman–Crippen LogP) is 4.11. The van der Waals surface area contributed by atoms with Crippen molar-refractivity contribution in [3.63, 3.8) is 0 Å². The Morgan fingerprint density at radius 3 is 2.72 bits per heavy atom. The van der Waals surface area contributed by atoms with Crippen molar-refractivity contribution < 1.29 is 9.59 Å². The third-order valence-electron chi connectivity index (χ3n) is 6.08. The molecule has 7 heteroatoms. The van der Waals surface area contributed by atoms with E-state index in [1.165, 1.54) is 6.33 Å². The van der Waals surface area contributed by atoms with E-state index in [1.807, 2.05) is 48.4 Å². The number of hydrogen-bond acceptors (Lipinski definition) is 5. The van der Waals surface area contributed by atoms with Crippen molar-refractivity contribution in [3.05, 3.63) is 70.4 Å². The van der Waals surface area contributed by atoms with Crippen molar-refractivity contribution in [2.45, 2.75) is 33.1 Å². The van der Waals surface area contributed by atoms with Crippen LogP contribution < -0.4 is 5.32 Å². The predicted molar refractivity (Wildman–Crippen MR) is 126 cm³/mol. The molecule has 32 heavy (non-hydrogen) atoms. The Kier molecular flexibility index (Phi) is 6.65. The van der Waals surface area contributed by atoms with Crippen molar-refractivity contribution >= 4 is 23.2 Å². The Morgan fingerprint density at radius 2 is 2.00 bits per heavy atom. The molecule has 1 saturated heterocycles. The molecule has 2 amide bonds. The number of aryl methyl sites for hydroxylation is 1. The maximum Gasteiger partial charge on any atom is 0.254 e. The maximum absolute atomic E-state index is 13.4. The number of aromatic nitrogens is 2. The van der Waals surface area contributed by atoms with E-state index in [0.29, 0.717) is 31.6 Å². The SMILES string of the molecule is CCNC(=O)C1(Cc2ccccc2-c2cncnc2)CCCN(C(=O)c2csc(C)c2)C1. The minimum atomic E-state index is -0.680. The largest absolute Gasteiger partial charge is 0.356 e. The lowest BCUT2D eigenvalue weighted by Gasteiger charge is -2.42. The molecule has 1 aliphatic rings. The first-order valence-corrected chi connectivity index (χ1v) is 11.9. The number of benzene rings is 1. The highest BCUT2D eigenvalue weighted by Gasteiger charge is 2.43. The Bertz CT molecular complexity index is 1100. The number of thiophene rings is 1. The fourth-order valence-electron chi connectivity index (χ4n) is 4.56. The fourth-order valence-corrected chi connectivity index (χ4v) is 5.24. The summed E-state index contributed by atoms with van der Waals surface area (Å²) in [6.07, 6.45) is 7.18. The van der Waals surface area contributed by atoms with Crippen LogP contribution in [-0.2, 0) is 11.2 Å². The summed E-state index contributed by atoms with van der Waals surface area (Å²) in [6.45, 7) is 5.57. The summed E-state index contributed by atoms with van der Waals surface area (Å²) in [4.78, 5) is 37.9. The molecule has 1 aromatic carbocycles. The first-order chi connectivity index (χ1) is 15.5. The van der Waals surface area contributed by atoms with E-state index in [4.69, 9.17) is 0 Å². The molecule has 1 unspecified atom stereocenters. The summed E-state index contributed by atoms with van der Waals surface area (Å²) >= 11 is 1.57. The number of carbonyl (C=O) groups excluding carboxylic acids is 2. The van der Waals surface area contributed by atoms with Gasteiger partial charge in [0.15, 0.2) is 0 Å². The van der Waals surface area contributed by atoms with Crippen LogP contribution in [0.25, 0.3) is 11.1 Å². The van der Waals surface area contributed by atoms with E-state index < -0.39 is 5.41 Å². The van der Waals surface area contributed by atoms with Crippen LogP contribution in [0, 0.1) is 12.3 Å². The van der Waals surface area contributed by atoms with Gasteiger partial charge in [0.1, 0.15) is 6.33 Å². The Balaban J connectivity index is 1.67. The van der Waals surface area contributed by atoms with Crippen molar-refractivity contribution in [1.29, 1.82) is 0 Å². The normalized spacial score (nSPS) is 18.4. The van der Waals surface area contributed by atoms with Gasteiger partial charge in [0.25, 0.3) is 5.91 Å². The highest BCUT2D eigenvalue weighted by atomic mass is 32.1. The molecule has 3 aromatic rings. The van der Waals surface area contributed by atoms with E-state index in [-0.39, 0.29) is 11.8 Å². The van der Waals surface area contributed by atoms with Crippen LogP contribution >= 0.6 is 11.3 Å². The summed E-state index contributed by atoms with van der Waals surface area (Å²) in [7, 11) is 0. The van der Waals surface area contributed by atoms with Gasteiger partial charge < -0.3 is 10.2 Å². The minimum Gasteiger partial charge on any atom is -0.356 e. The molecule has 166 valence electrons. The molecule has 3 heterocycles. The first-order valence-electron chi connectivity index (χ1n) is 11.0. The summed E-state index contributed by atoms with van der Waals surface area (Å²) in [6, 6.07) is 10.0. The van der Waals surface area contributed by atoms with Crippen LogP contribution in [0.3, 0.4) is 0 Å². The number of hydrogen-bond donors (Lipinski definition) is 1. The van der Waals surface area contributed by atoms with Gasteiger partial charge in [-0.05, 0) is 50.3 Å². The summed E-state index contributed by atoms with van der Waals surface area (Å²) in [5.74, 6) is 0.0191. The van der Waals surface area contributed by atoms with E-state index >= 15 is 0 Å². The zero-order valence-corrected chi connectivity index (χ0v) is 19.3. The lowest BCUT2D eigenvalue weighted by Crippen LogP contribution is -2.54. The molecule has 1 N–H and O–H groups in total. The molecule has 1 atom stereocenters. The number of amides is 2. The van der Waals surface area contributed by atoms with E-state index in [0.717, 1.165) is 34.4 Å². The van der Waals surface area contributed by atoms with E-state index in [2.05, 4.69) is 21.4 Å². The second-order valence-electron chi connectivity index (χ2n) is 8.38. The lowest BCUT2D eigenvalue weighted by atomic mass is 9.73. The van der Waals surface area contributed by atoms with Gasteiger partial charge in [-0.25, -0.2) is 9.97 Å². The quantitative estimate of drug-likeness (QED) is 0.616. The number of nitrogens with one attached hydrogen (secondary N) is 1. The van der Waals surface area contributed by atoms with Crippen LogP contribution in [-0.4, -0.2) is 46.3 Å². The van der Waals surface area contributed by atoms with Gasteiger partial charge >= 0.3 is 0 Å². The van der Waals surface area contributed by atoms with Gasteiger partial charge in [0, 0.05) is 47.8 Å². The summed E-state index contributed by atoms with van der Waals surface area (Å²) in [5.41, 5.74) is 3.04. The average molecular weight is 449 g/mol.